The van der Waals surface area contributed by atoms with Crippen molar-refractivity contribution in [3.05, 3.63) is 39.9 Å². The van der Waals surface area contributed by atoms with Crippen molar-refractivity contribution >= 4 is 28.8 Å². The molecule has 4 nitrogen and oxygen atoms in total. The first-order valence-corrected chi connectivity index (χ1v) is 8.80. The lowest BCUT2D eigenvalue weighted by Crippen LogP contribution is -2.41. The summed E-state index contributed by atoms with van der Waals surface area (Å²) in [5, 5.41) is 13.8. The normalized spacial score (nSPS) is 13.6. The molecule has 0 saturated carbocycles. The first-order valence-electron chi connectivity index (χ1n) is 7.61. The summed E-state index contributed by atoms with van der Waals surface area (Å²) in [5.41, 5.74) is 1.63. The Labute approximate surface area is 145 Å². The summed E-state index contributed by atoms with van der Waals surface area (Å²) in [4.78, 5) is 17.5. The Hall–Kier alpha value is -1.43. The molecule has 0 bridgehead atoms. The first kappa shape index (κ1) is 17.9. The number of thiazole rings is 1. The molecule has 0 saturated heterocycles. The van der Waals surface area contributed by atoms with Crippen LogP contribution in [-0.4, -0.2) is 28.6 Å². The van der Waals surface area contributed by atoms with E-state index < -0.39 is 0 Å². The molecular weight excluding hydrogens is 332 g/mol. The number of amides is 1. The summed E-state index contributed by atoms with van der Waals surface area (Å²) in [6, 6.07) is 7.14. The number of aryl methyl sites for hydroxylation is 1. The zero-order valence-corrected chi connectivity index (χ0v) is 15.0. The van der Waals surface area contributed by atoms with Crippen molar-refractivity contribution in [2.75, 3.05) is 6.61 Å². The zero-order chi connectivity index (χ0) is 17.0. The maximum Gasteiger partial charge on any atom is 0.263 e. The summed E-state index contributed by atoms with van der Waals surface area (Å²) in [6.45, 7) is 5.81. The maximum atomic E-state index is 12.5. The van der Waals surface area contributed by atoms with Crippen LogP contribution >= 0.6 is 22.9 Å². The molecule has 23 heavy (non-hydrogen) atoms. The van der Waals surface area contributed by atoms with Gasteiger partial charge < -0.3 is 10.4 Å². The maximum absolute atomic E-state index is 12.5. The Morgan fingerprint density at radius 3 is 2.61 bits per heavy atom. The van der Waals surface area contributed by atoms with Crippen LogP contribution in [0, 0.1) is 12.8 Å². The second-order valence-corrected chi connectivity index (χ2v) is 7.02. The second-order valence-electron chi connectivity index (χ2n) is 5.59. The summed E-state index contributed by atoms with van der Waals surface area (Å²) >= 11 is 7.25. The molecule has 1 heterocycles. The predicted molar refractivity (Wildman–Crippen MR) is 95.1 cm³/mol. The van der Waals surface area contributed by atoms with Crippen molar-refractivity contribution in [3.63, 3.8) is 0 Å². The summed E-state index contributed by atoms with van der Waals surface area (Å²) in [7, 11) is 0. The number of aliphatic hydroxyl groups is 1. The largest absolute Gasteiger partial charge is 0.394 e. The van der Waals surface area contributed by atoms with E-state index >= 15 is 0 Å². The number of nitrogens with zero attached hydrogens (tertiary/aromatic N) is 1. The molecule has 1 aromatic heterocycles. The van der Waals surface area contributed by atoms with Crippen molar-refractivity contribution in [1.29, 1.82) is 0 Å². The molecule has 2 aromatic rings. The van der Waals surface area contributed by atoms with Gasteiger partial charge in [-0.2, -0.15) is 0 Å². The highest BCUT2D eigenvalue weighted by atomic mass is 35.5. The van der Waals surface area contributed by atoms with E-state index in [9.17, 15) is 9.90 Å². The van der Waals surface area contributed by atoms with E-state index in [1.807, 2.05) is 32.9 Å². The van der Waals surface area contributed by atoms with Crippen molar-refractivity contribution < 1.29 is 9.90 Å². The van der Waals surface area contributed by atoms with Gasteiger partial charge >= 0.3 is 0 Å². The molecule has 0 aliphatic heterocycles. The highest BCUT2D eigenvalue weighted by molar-refractivity contribution is 7.17. The number of aliphatic hydroxyl groups excluding tert-OH is 1. The van der Waals surface area contributed by atoms with Crippen molar-refractivity contribution in [2.45, 2.75) is 33.2 Å². The number of rotatable bonds is 6. The van der Waals surface area contributed by atoms with Gasteiger partial charge in [0.05, 0.1) is 18.3 Å². The molecule has 0 spiro atoms. The summed E-state index contributed by atoms with van der Waals surface area (Å²) in [5.74, 6) is 0.0347. The van der Waals surface area contributed by atoms with Crippen LogP contribution in [0.4, 0.5) is 0 Å². The Morgan fingerprint density at radius 1 is 1.39 bits per heavy atom. The van der Waals surface area contributed by atoms with E-state index in [1.54, 1.807) is 12.1 Å². The molecule has 2 N–H and O–H groups in total. The minimum atomic E-state index is -0.243. The van der Waals surface area contributed by atoms with Crippen LogP contribution in [0.5, 0.6) is 0 Å². The lowest BCUT2D eigenvalue weighted by Gasteiger charge is -2.21. The number of hydrogen-bond acceptors (Lipinski definition) is 4. The Kier molecular flexibility index (Phi) is 6.16. The fourth-order valence-corrected chi connectivity index (χ4v) is 3.31. The van der Waals surface area contributed by atoms with Gasteiger partial charge in [0.15, 0.2) is 0 Å². The zero-order valence-electron chi connectivity index (χ0n) is 13.5. The Balaban J connectivity index is 2.20. The van der Waals surface area contributed by atoms with Crippen LogP contribution in [-0.2, 0) is 0 Å². The third kappa shape index (κ3) is 4.31. The molecule has 6 heteroatoms. The van der Waals surface area contributed by atoms with Gasteiger partial charge in [0.1, 0.15) is 9.88 Å². The van der Waals surface area contributed by atoms with Gasteiger partial charge in [-0.15, -0.1) is 11.3 Å². The van der Waals surface area contributed by atoms with E-state index in [1.165, 1.54) is 11.3 Å². The van der Waals surface area contributed by atoms with Crippen molar-refractivity contribution in [2.24, 2.45) is 5.92 Å². The highest BCUT2D eigenvalue weighted by Crippen LogP contribution is 2.29. The molecule has 0 fully saturated rings. The van der Waals surface area contributed by atoms with E-state index in [0.717, 1.165) is 17.0 Å². The SMILES string of the molecule is CC[C@@H](C)[C@H](CO)NC(=O)c1sc(-c2ccc(Cl)cc2)nc1C. The second kappa shape index (κ2) is 7.90. The van der Waals surface area contributed by atoms with Crippen LogP contribution in [0.2, 0.25) is 5.02 Å². The number of nitrogens with one attached hydrogen (secondary N) is 1. The van der Waals surface area contributed by atoms with E-state index in [-0.39, 0.29) is 24.5 Å². The number of benzene rings is 1. The third-order valence-corrected chi connectivity index (χ3v) is 5.40. The molecule has 0 aliphatic carbocycles. The molecule has 0 unspecified atom stereocenters. The summed E-state index contributed by atoms with van der Waals surface area (Å²) < 4.78 is 0. The minimum Gasteiger partial charge on any atom is -0.394 e. The topological polar surface area (TPSA) is 62.2 Å². The van der Waals surface area contributed by atoms with Crippen LogP contribution in [0.15, 0.2) is 24.3 Å². The van der Waals surface area contributed by atoms with Crippen LogP contribution in [0.3, 0.4) is 0 Å². The van der Waals surface area contributed by atoms with E-state index in [4.69, 9.17) is 11.6 Å². The molecule has 1 amide bonds. The van der Waals surface area contributed by atoms with Crippen molar-refractivity contribution in [3.8, 4) is 10.6 Å². The first-order chi connectivity index (χ1) is 11.0. The van der Waals surface area contributed by atoms with E-state index in [0.29, 0.717) is 15.6 Å². The monoisotopic (exact) mass is 352 g/mol. The molecule has 1 aromatic carbocycles. The lowest BCUT2D eigenvalue weighted by molar-refractivity contribution is 0.0895. The van der Waals surface area contributed by atoms with Gasteiger partial charge in [0.2, 0.25) is 0 Å². The van der Waals surface area contributed by atoms with Gasteiger partial charge in [-0.25, -0.2) is 4.98 Å². The van der Waals surface area contributed by atoms with Crippen molar-refractivity contribution in [1.82, 2.24) is 10.3 Å². The highest BCUT2D eigenvalue weighted by Gasteiger charge is 2.22. The summed E-state index contributed by atoms with van der Waals surface area (Å²) in [6.07, 6.45) is 0.892. The third-order valence-electron chi connectivity index (χ3n) is 3.94. The van der Waals surface area contributed by atoms with Gasteiger partial charge in [0, 0.05) is 10.6 Å². The standard InChI is InChI=1S/C17H21ClN2O2S/c1-4-10(2)14(9-21)20-16(22)15-11(3)19-17(23-15)12-5-7-13(18)8-6-12/h5-8,10,14,21H,4,9H2,1-3H3,(H,20,22)/t10-,14+/m1/s1. The van der Waals surface area contributed by atoms with Gasteiger partial charge in [-0.3, -0.25) is 4.79 Å². The number of halogens is 1. The lowest BCUT2D eigenvalue weighted by atomic mass is 10.00. The van der Waals surface area contributed by atoms with E-state index in [2.05, 4.69) is 10.3 Å². The minimum absolute atomic E-state index is 0.0668. The smallest absolute Gasteiger partial charge is 0.263 e. The molecular formula is C17H21ClN2O2S. The predicted octanol–water partition coefficient (Wildman–Crippen LogP) is 3.91. The van der Waals surface area contributed by atoms with Gasteiger partial charge in [0.25, 0.3) is 5.91 Å². The molecule has 0 radical (unpaired) electrons. The number of carbonyl (C=O) groups excluding carboxylic acids is 1. The fraction of sp³-hybridized carbons (Fsp3) is 0.412. The van der Waals surface area contributed by atoms with Gasteiger partial charge in [-0.05, 0) is 25.0 Å². The fourth-order valence-electron chi connectivity index (χ4n) is 2.21. The Bertz CT molecular complexity index is 670. The van der Waals surface area contributed by atoms with Crippen LogP contribution < -0.4 is 5.32 Å². The number of carbonyl (C=O) groups is 1. The number of hydrogen-bond donors (Lipinski definition) is 2. The Morgan fingerprint density at radius 2 is 2.04 bits per heavy atom. The molecule has 124 valence electrons. The molecule has 0 aliphatic rings. The average Bonchev–Trinajstić information content (AvgIpc) is 2.94. The molecule has 2 rings (SSSR count). The molecule has 2 atom stereocenters. The number of aromatic nitrogens is 1. The average molecular weight is 353 g/mol. The quantitative estimate of drug-likeness (QED) is 0.828. The van der Waals surface area contributed by atoms with Crippen LogP contribution in [0.25, 0.3) is 10.6 Å². The van der Waals surface area contributed by atoms with Crippen LogP contribution in [0.1, 0.15) is 35.6 Å². The van der Waals surface area contributed by atoms with Gasteiger partial charge in [-0.1, -0.05) is 44.0 Å².